The molecule has 0 fully saturated rings. The zero-order chi connectivity index (χ0) is 13.5. The van der Waals surface area contributed by atoms with E-state index in [1.165, 1.54) is 0 Å². The molecule has 5 heteroatoms. The van der Waals surface area contributed by atoms with E-state index in [9.17, 15) is 4.79 Å². The molecule has 2 N–H and O–H groups in total. The fourth-order valence-corrected chi connectivity index (χ4v) is 1.32. The molecule has 1 heterocycles. The molecular weight excluding hydrogens is 228 g/mol. The molecule has 0 saturated carbocycles. The largest absolute Gasteiger partial charge is 0.359 e. The van der Waals surface area contributed by atoms with E-state index in [0.29, 0.717) is 24.0 Å². The number of amides is 1. The van der Waals surface area contributed by atoms with Crippen molar-refractivity contribution in [3.63, 3.8) is 0 Å². The minimum Gasteiger partial charge on any atom is -0.359 e. The van der Waals surface area contributed by atoms with Gasteiger partial charge in [0.05, 0.1) is 0 Å². The molecule has 0 saturated heterocycles. The maximum Gasteiger partial charge on any atom is 0.242 e. The Morgan fingerprint density at radius 2 is 2.17 bits per heavy atom. The van der Waals surface area contributed by atoms with Crippen LogP contribution in [-0.2, 0) is 4.79 Å². The van der Waals surface area contributed by atoms with Crippen molar-refractivity contribution in [1.29, 1.82) is 5.26 Å². The van der Waals surface area contributed by atoms with Crippen molar-refractivity contribution in [2.75, 3.05) is 11.9 Å². The van der Waals surface area contributed by atoms with Gasteiger partial charge in [-0.2, -0.15) is 5.26 Å². The van der Waals surface area contributed by atoms with Crippen molar-refractivity contribution >= 4 is 11.7 Å². The normalized spacial score (nSPS) is 11.7. The fourth-order valence-electron chi connectivity index (χ4n) is 1.32. The number of aromatic nitrogens is 1. The smallest absolute Gasteiger partial charge is 0.242 e. The Labute approximate surface area is 107 Å². The Bertz CT molecular complexity index is 451. The Hall–Kier alpha value is -2.09. The summed E-state index contributed by atoms with van der Waals surface area (Å²) in [7, 11) is 0. The summed E-state index contributed by atoms with van der Waals surface area (Å²) >= 11 is 0. The van der Waals surface area contributed by atoms with Gasteiger partial charge in [-0.25, -0.2) is 4.98 Å². The topological polar surface area (TPSA) is 77.8 Å². The van der Waals surface area contributed by atoms with Crippen LogP contribution < -0.4 is 10.6 Å². The van der Waals surface area contributed by atoms with E-state index in [-0.39, 0.29) is 11.9 Å². The van der Waals surface area contributed by atoms with Crippen LogP contribution in [0, 0.1) is 17.2 Å². The number of nitriles is 1. The Morgan fingerprint density at radius 3 is 2.78 bits per heavy atom. The maximum atomic E-state index is 11.7. The number of pyridine rings is 1. The molecule has 96 valence electrons. The maximum absolute atomic E-state index is 11.7. The summed E-state index contributed by atoms with van der Waals surface area (Å²) in [4.78, 5) is 15.8. The summed E-state index contributed by atoms with van der Waals surface area (Å²) in [6, 6.07) is 6.65. The van der Waals surface area contributed by atoms with Crippen LogP contribution in [0.4, 0.5) is 5.82 Å². The van der Waals surface area contributed by atoms with Crippen LogP contribution in [0.15, 0.2) is 18.2 Å². The van der Waals surface area contributed by atoms with Gasteiger partial charge in [0.1, 0.15) is 23.6 Å². The summed E-state index contributed by atoms with van der Waals surface area (Å²) in [5.41, 5.74) is 0.329. The molecule has 0 bridgehead atoms. The van der Waals surface area contributed by atoms with Gasteiger partial charge >= 0.3 is 0 Å². The van der Waals surface area contributed by atoms with E-state index in [1.807, 2.05) is 19.9 Å². The molecular formula is C13H18N4O. The molecule has 0 aliphatic rings. The van der Waals surface area contributed by atoms with Crippen LogP contribution in [0.3, 0.4) is 0 Å². The van der Waals surface area contributed by atoms with Crippen molar-refractivity contribution in [1.82, 2.24) is 10.3 Å². The highest BCUT2D eigenvalue weighted by Crippen LogP contribution is 2.05. The van der Waals surface area contributed by atoms with E-state index in [0.717, 1.165) is 0 Å². The lowest BCUT2D eigenvalue weighted by molar-refractivity contribution is -0.121. The van der Waals surface area contributed by atoms with Crippen LogP contribution in [0.2, 0.25) is 0 Å². The SMILES string of the molecule is CC(C)CNC(=O)C(C)Nc1cccc(C#N)n1. The summed E-state index contributed by atoms with van der Waals surface area (Å²) in [5, 5.41) is 14.5. The number of hydrogen-bond acceptors (Lipinski definition) is 4. The van der Waals surface area contributed by atoms with Crippen LogP contribution in [0.5, 0.6) is 0 Å². The fraction of sp³-hybridized carbons (Fsp3) is 0.462. The number of anilines is 1. The molecule has 1 rings (SSSR count). The molecule has 0 radical (unpaired) electrons. The minimum atomic E-state index is -0.384. The van der Waals surface area contributed by atoms with Crippen molar-refractivity contribution in [3.8, 4) is 6.07 Å². The Morgan fingerprint density at radius 1 is 1.44 bits per heavy atom. The third kappa shape index (κ3) is 4.42. The highest BCUT2D eigenvalue weighted by Gasteiger charge is 2.13. The van der Waals surface area contributed by atoms with Crippen LogP contribution >= 0.6 is 0 Å². The van der Waals surface area contributed by atoms with Gasteiger partial charge in [0.25, 0.3) is 0 Å². The Balaban J connectivity index is 2.55. The highest BCUT2D eigenvalue weighted by molar-refractivity contribution is 5.83. The van der Waals surface area contributed by atoms with E-state index >= 15 is 0 Å². The zero-order valence-electron chi connectivity index (χ0n) is 10.9. The number of nitrogens with one attached hydrogen (secondary N) is 2. The second kappa shape index (κ2) is 6.60. The standard InChI is InChI=1S/C13H18N4O/c1-9(2)8-15-13(18)10(3)16-12-6-4-5-11(7-14)17-12/h4-6,9-10H,8H2,1-3H3,(H,15,18)(H,16,17). The van der Waals surface area contributed by atoms with Crippen molar-refractivity contribution in [3.05, 3.63) is 23.9 Å². The molecule has 0 aliphatic carbocycles. The summed E-state index contributed by atoms with van der Waals surface area (Å²) in [6.45, 7) is 6.49. The van der Waals surface area contributed by atoms with Crippen LogP contribution in [-0.4, -0.2) is 23.5 Å². The van der Waals surface area contributed by atoms with Gasteiger partial charge in [-0.05, 0) is 25.0 Å². The summed E-state index contributed by atoms with van der Waals surface area (Å²) in [5.74, 6) is 0.871. The highest BCUT2D eigenvalue weighted by atomic mass is 16.2. The number of carbonyl (C=O) groups is 1. The average Bonchev–Trinajstić information content (AvgIpc) is 2.36. The average molecular weight is 246 g/mol. The monoisotopic (exact) mass is 246 g/mol. The second-order valence-corrected chi connectivity index (χ2v) is 4.52. The molecule has 1 aromatic rings. The first kappa shape index (κ1) is 14.0. The Kier molecular flexibility index (Phi) is 5.12. The number of carbonyl (C=O) groups excluding carboxylic acids is 1. The molecule has 1 unspecified atom stereocenters. The lowest BCUT2D eigenvalue weighted by atomic mass is 10.2. The van der Waals surface area contributed by atoms with Crippen molar-refractivity contribution in [2.24, 2.45) is 5.92 Å². The van der Waals surface area contributed by atoms with Crippen LogP contribution in [0.25, 0.3) is 0 Å². The molecule has 0 aliphatic heterocycles. The molecule has 0 spiro atoms. The molecule has 1 amide bonds. The first-order valence-corrected chi connectivity index (χ1v) is 5.94. The van der Waals surface area contributed by atoms with E-state index in [4.69, 9.17) is 5.26 Å². The number of hydrogen-bond donors (Lipinski definition) is 2. The van der Waals surface area contributed by atoms with Crippen LogP contribution in [0.1, 0.15) is 26.5 Å². The van der Waals surface area contributed by atoms with E-state index in [2.05, 4.69) is 15.6 Å². The van der Waals surface area contributed by atoms with Gasteiger partial charge in [0.2, 0.25) is 5.91 Å². The van der Waals surface area contributed by atoms with E-state index < -0.39 is 0 Å². The first-order valence-electron chi connectivity index (χ1n) is 5.94. The number of nitrogens with zero attached hydrogens (tertiary/aromatic N) is 2. The molecule has 1 atom stereocenters. The van der Waals surface area contributed by atoms with E-state index in [1.54, 1.807) is 25.1 Å². The van der Waals surface area contributed by atoms with Gasteiger partial charge in [-0.1, -0.05) is 19.9 Å². The van der Waals surface area contributed by atoms with Gasteiger partial charge < -0.3 is 10.6 Å². The second-order valence-electron chi connectivity index (χ2n) is 4.52. The quantitative estimate of drug-likeness (QED) is 0.825. The third-order valence-electron chi connectivity index (χ3n) is 2.31. The first-order chi connectivity index (χ1) is 8.52. The zero-order valence-corrected chi connectivity index (χ0v) is 10.9. The van der Waals surface area contributed by atoms with Gasteiger partial charge in [-0.3, -0.25) is 4.79 Å². The predicted octanol–water partition coefficient (Wildman–Crippen LogP) is 1.53. The van der Waals surface area contributed by atoms with Crippen molar-refractivity contribution < 1.29 is 4.79 Å². The van der Waals surface area contributed by atoms with Crippen molar-refractivity contribution in [2.45, 2.75) is 26.8 Å². The van der Waals surface area contributed by atoms with Gasteiger partial charge in [0.15, 0.2) is 0 Å². The molecule has 1 aromatic heterocycles. The summed E-state index contributed by atoms with van der Waals surface area (Å²) in [6.07, 6.45) is 0. The lowest BCUT2D eigenvalue weighted by Crippen LogP contribution is -2.39. The minimum absolute atomic E-state index is 0.0761. The lowest BCUT2D eigenvalue weighted by Gasteiger charge is -2.15. The predicted molar refractivity (Wildman–Crippen MR) is 69.9 cm³/mol. The molecule has 18 heavy (non-hydrogen) atoms. The molecule has 5 nitrogen and oxygen atoms in total. The number of rotatable bonds is 5. The summed E-state index contributed by atoms with van der Waals surface area (Å²) < 4.78 is 0. The van der Waals surface area contributed by atoms with Gasteiger partial charge in [0, 0.05) is 6.54 Å². The molecule has 0 aromatic carbocycles. The van der Waals surface area contributed by atoms with Gasteiger partial charge in [-0.15, -0.1) is 0 Å². The third-order valence-corrected chi connectivity index (χ3v) is 2.31.